The molecule has 92 valence electrons. The smallest absolute Gasteiger partial charge is 0.237 e. The Morgan fingerprint density at radius 1 is 1.38 bits per heavy atom. The van der Waals surface area contributed by atoms with Crippen molar-refractivity contribution < 1.29 is 4.79 Å². The van der Waals surface area contributed by atoms with Crippen LogP contribution in [0.15, 0.2) is 0 Å². The van der Waals surface area contributed by atoms with Gasteiger partial charge < -0.3 is 9.80 Å². The van der Waals surface area contributed by atoms with Crippen molar-refractivity contribution in [2.24, 2.45) is 0 Å². The molecule has 0 bridgehead atoms. The van der Waals surface area contributed by atoms with E-state index in [0.717, 1.165) is 32.2 Å². The van der Waals surface area contributed by atoms with E-state index in [9.17, 15) is 4.79 Å². The molecule has 0 saturated carbocycles. The highest BCUT2D eigenvalue weighted by atomic mass is 16.2. The van der Waals surface area contributed by atoms with Crippen LogP contribution in [0.25, 0.3) is 0 Å². The predicted octanol–water partition coefficient (Wildman–Crippen LogP) is 0.640. The van der Waals surface area contributed by atoms with Gasteiger partial charge >= 0.3 is 0 Å². The predicted molar refractivity (Wildman–Crippen MR) is 64.1 cm³/mol. The molecule has 0 aromatic rings. The molecule has 2 rings (SSSR count). The lowest BCUT2D eigenvalue weighted by molar-refractivity contribution is -0.126. The van der Waals surface area contributed by atoms with Crippen molar-refractivity contribution in [1.82, 2.24) is 15.1 Å². The SMILES string of the molecule is CC1CCCCN1CCCN1CNCC1=O. The van der Waals surface area contributed by atoms with Crippen molar-refractivity contribution in [3.05, 3.63) is 0 Å². The maximum atomic E-state index is 11.4. The highest BCUT2D eigenvalue weighted by Gasteiger charge is 2.21. The molecule has 1 atom stereocenters. The molecule has 1 unspecified atom stereocenters. The number of nitrogens with zero attached hydrogens (tertiary/aromatic N) is 2. The van der Waals surface area contributed by atoms with Crippen LogP contribution in [0.3, 0.4) is 0 Å². The number of nitrogens with one attached hydrogen (secondary N) is 1. The summed E-state index contributed by atoms with van der Waals surface area (Å²) in [7, 11) is 0. The van der Waals surface area contributed by atoms with Crippen LogP contribution in [0, 0.1) is 0 Å². The summed E-state index contributed by atoms with van der Waals surface area (Å²) in [5, 5.41) is 3.08. The van der Waals surface area contributed by atoms with Gasteiger partial charge in [0.25, 0.3) is 0 Å². The molecule has 4 nitrogen and oxygen atoms in total. The Morgan fingerprint density at radius 3 is 2.94 bits per heavy atom. The van der Waals surface area contributed by atoms with Gasteiger partial charge in [0.05, 0.1) is 13.2 Å². The van der Waals surface area contributed by atoms with E-state index < -0.39 is 0 Å². The molecule has 2 aliphatic rings. The van der Waals surface area contributed by atoms with Gasteiger partial charge in [-0.3, -0.25) is 10.1 Å². The lowest BCUT2D eigenvalue weighted by Gasteiger charge is -2.33. The van der Waals surface area contributed by atoms with Crippen molar-refractivity contribution >= 4 is 5.91 Å². The quantitative estimate of drug-likeness (QED) is 0.762. The molecule has 2 heterocycles. The van der Waals surface area contributed by atoms with Gasteiger partial charge in [-0.1, -0.05) is 6.42 Å². The summed E-state index contributed by atoms with van der Waals surface area (Å²) in [6.45, 7) is 6.89. The van der Waals surface area contributed by atoms with Crippen LogP contribution in [0.2, 0.25) is 0 Å². The summed E-state index contributed by atoms with van der Waals surface area (Å²) in [6, 6.07) is 0.737. The van der Waals surface area contributed by atoms with Crippen LogP contribution < -0.4 is 5.32 Å². The standard InChI is InChI=1S/C12H23N3O/c1-11-5-2-3-6-14(11)7-4-8-15-10-13-9-12(15)16/h11,13H,2-10H2,1H3. The van der Waals surface area contributed by atoms with Crippen LogP contribution in [-0.2, 0) is 4.79 Å². The molecule has 1 N–H and O–H groups in total. The highest BCUT2D eigenvalue weighted by molar-refractivity contribution is 5.79. The van der Waals surface area contributed by atoms with Crippen molar-refractivity contribution in [1.29, 1.82) is 0 Å². The fourth-order valence-corrected chi connectivity index (χ4v) is 2.66. The molecule has 0 aliphatic carbocycles. The number of piperidine rings is 1. The molecular weight excluding hydrogens is 202 g/mol. The summed E-state index contributed by atoms with van der Waals surface area (Å²) in [6.07, 6.45) is 5.17. The first-order valence-electron chi connectivity index (χ1n) is 6.50. The van der Waals surface area contributed by atoms with E-state index in [1.165, 1.54) is 25.8 Å². The minimum Gasteiger partial charge on any atom is -0.329 e. The summed E-state index contributed by atoms with van der Waals surface area (Å²) in [4.78, 5) is 15.9. The molecule has 0 radical (unpaired) electrons. The zero-order valence-electron chi connectivity index (χ0n) is 10.2. The van der Waals surface area contributed by atoms with E-state index in [4.69, 9.17) is 0 Å². The van der Waals surface area contributed by atoms with E-state index in [2.05, 4.69) is 17.1 Å². The maximum absolute atomic E-state index is 11.4. The fourth-order valence-electron chi connectivity index (χ4n) is 2.66. The number of carbonyl (C=O) groups excluding carboxylic acids is 1. The minimum absolute atomic E-state index is 0.256. The highest BCUT2D eigenvalue weighted by Crippen LogP contribution is 2.16. The largest absolute Gasteiger partial charge is 0.329 e. The van der Waals surface area contributed by atoms with E-state index in [-0.39, 0.29) is 5.91 Å². The van der Waals surface area contributed by atoms with Gasteiger partial charge in [0, 0.05) is 19.1 Å². The Kier molecular flexibility index (Phi) is 4.18. The second kappa shape index (κ2) is 5.64. The topological polar surface area (TPSA) is 35.6 Å². The number of amides is 1. The second-order valence-electron chi connectivity index (χ2n) is 4.98. The third-order valence-electron chi connectivity index (χ3n) is 3.75. The van der Waals surface area contributed by atoms with Crippen LogP contribution in [0.4, 0.5) is 0 Å². The van der Waals surface area contributed by atoms with E-state index >= 15 is 0 Å². The van der Waals surface area contributed by atoms with E-state index in [1.807, 2.05) is 4.90 Å². The van der Waals surface area contributed by atoms with Crippen LogP contribution in [0.5, 0.6) is 0 Å². The Morgan fingerprint density at radius 2 is 2.25 bits per heavy atom. The first-order valence-corrected chi connectivity index (χ1v) is 6.50. The zero-order chi connectivity index (χ0) is 11.4. The lowest BCUT2D eigenvalue weighted by Crippen LogP contribution is -2.39. The van der Waals surface area contributed by atoms with Crippen molar-refractivity contribution in [2.45, 2.75) is 38.6 Å². The molecule has 1 amide bonds. The van der Waals surface area contributed by atoms with E-state index in [0.29, 0.717) is 6.54 Å². The first-order chi connectivity index (χ1) is 7.77. The molecule has 0 aromatic carbocycles. The number of hydrogen-bond donors (Lipinski definition) is 1. The van der Waals surface area contributed by atoms with Gasteiger partial charge in [-0.15, -0.1) is 0 Å². The Hall–Kier alpha value is -0.610. The van der Waals surface area contributed by atoms with Gasteiger partial charge in [0.1, 0.15) is 0 Å². The number of likely N-dealkylation sites (tertiary alicyclic amines) is 1. The summed E-state index contributed by atoms with van der Waals surface area (Å²) in [5.41, 5.74) is 0. The average Bonchev–Trinajstić information content (AvgIpc) is 2.67. The Balaban J connectivity index is 1.65. The molecule has 0 spiro atoms. The number of hydrogen-bond acceptors (Lipinski definition) is 3. The van der Waals surface area contributed by atoms with Crippen molar-refractivity contribution in [3.63, 3.8) is 0 Å². The number of carbonyl (C=O) groups is 1. The summed E-state index contributed by atoms with van der Waals surface area (Å²) in [5.74, 6) is 0.256. The maximum Gasteiger partial charge on any atom is 0.237 e. The molecule has 0 aromatic heterocycles. The van der Waals surface area contributed by atoms with Gasteiger partial charge in [-0.2, -0.15) is 0 Å². The molecule has 16 heavy (non-hydrogen) atoms. The number of rotatable bonds is 4. The normalized spacial score (nSPS) is 27.7. The van der Waals surface area contributed by atoms with Gasteiger partial charge in [0.2, 0.25) is 5.91 Å². The van der Waals surface area contributed by atoms with Gasteiger partial charge in [-0.25, -0.2) is 0 Å². The average molecular weight is 225 g/mol. The molecular formula is C12H23N3O. The van der Waals surface area contributed by atoms with Gasteiger partial charge in [0.15, 0.2) is 0 Å². The Labute approximate surface area is 98.0 Å². The monoisotopic (exact) mass is 225 g/mol. The molecule has 2 fully saturated rings. The fraction of sp³-hybridized carbons (Fsp3) is 0.917. The van der Waals surface area contributed by atoms with Crippen molar-refractivity contribution in [2.75, 3.05) is 32.8 Å². The molecule has 4 heteroatoms. The summed E-state index contributed by atoms with van der Waals surface area (Å²) < 4.78 is 0. The van der Waals surface area contributed by atoms with Crippen LogP contribution in [-0.4, -0.2) is 54.6 Å². The zero-order valence-corrected chi connectivity index (χ0v) is 10.2. The minimum atomic E-state index is 0.256. The van der Waals surface area contributed by atoms with Crippen LogP contribution >= 0.6 is 0 Å². The first kappa shape index (κ1) is 11.9. The summed E-state index contributed by atoms with van der Waals surface area (Å²) >= 11 is 0. The lowest BCUT2D eigenvalue weighted by atomic mass is 10.0. The van der Waals surface area contributed by atoms with Gasteiger partial charge in [-0.05, 0) is 32.7 Å². The third kappa shape index (κ3) is 2.95. The molecule has 2 aliphatic heterocycles. The molecule has 2 saturated heterocycles. The third-order valence-corrected chi connectivity index (χ3v) is 3.75. The van der Waals surface area contributed by atoms with Crippen LogP contribution in [0.1, 0.15) is 32.6 Å². The second-order valence-corrected chi connectivity index (χ2v) is 4.98. The van der Waals surface area contributed by atoms with Crippen molar-refractivity contribution in [3.8, 4) is 0 Å². The van der Waals surface area contributed by atoms with E-state index in [1.54, 1.807) is 0 Å². The Bertz CT molecular complexity index is 244.